The van der Waals surface area contributed by atoms with Crippen molar-refractivity contribution in [1.29, 1.82) is 0 Å². The SMILES string of the molecule is CN[C@@H]1[C@H]2[C@@H]3CC[N@@+]2(C(C)=O)C[C@H]1O3. The van der Waals surface area contributed by atoms with Gasteiger partial charge in [-0.3, -0.25) is 4.48 Å². The Morgan fingerprint density at radius 2 is 2.29 bits per heavy atom. The third-order valence-corrected chi connectivity index (χ3v) is 4.35. The van der Waals surface area contributed by atoms with Crippen LogP contribution in [0.5, 0.6) is 0 Å². The first kappa shape index (κ1) is 8.83. The van der Waals surface area contributed by atoms with Gasteiger partial charge in [0, 0.05) is 6.42 Å². The molecule has 0 aromatic rings. The van der Waals surface area contributed by atoms with Crippen LogP contribution in [0.4, 0.5) is 0 Å². The number of nitrogens with one attached hydrogen (secondary N) is 1. The Morgan fingerprint density at radius 3 is 2.86 bits per heavy atom. The first-order valence-electron chi connectivity index (χ1n) is 5.39. The number of hydrogen-bond acceptors (Lipinski definition) is 3. The maximum atomic E-state index is 11.8. The molecule has 3 aliphatic heterocycles. The summed E-state index contributed by atoms with van der Waals surface area (Å²) in [4.78, 5) is 11.8. The van der Waals surface area contributed by atoms with Gasteiger partial charge in [0.05, 0.1) is 19.5 Å². The molecule has 5 atom stereocenters. The predicted molar refractivity (Wildman–Crippen MR) is 50.6 cm³/mol. The van der Waals surface area contributed by atoms with E-state index in [4.69, 9.17) is 4.74 Å². The monoisotopic (exact) mass is 197 g/mol. The molecule has 0 aromatic carbocycles. The summed E-state index contributed by atoms with van der Waals surface area (Å²) in [6.45, 7) is 3.61. The molecule has 2 bridgehead atoms. The van der Waals surface area contributed by atoms with Crippen LogP contribution < -0.4 is 5.32 Å². The summed E-state index contributed by atoms with van der Waals surface area (Å²) in [6.07, 6.45) is 1.65. The van der Waals surface area contributed by atoms with Gasteiger partial charge in [-0.05, 0) is 7.05 Å². The zero-order chi connectivity index (χ0) is 9.92. The van der Waals surface area contributed by atoms with E-state index in [1.807, 2.05) is 7.05 Å². The van der Waals surface area contributed by atoms with Crippen molar-refractivity contribution in [3.05, 3.63) is 0 Å². The second kappa shape index (κ2) is 2.56. The molecule has 3 fully saturated rings. The number of quaternary nitrogens is 1. The molecule has 4 heteroatoms. The lowest BCUT2D eigenvalue weighted by atomic mass is 10.1. The molecule has 3 heterocycles. The number of carbonyl (C=O) groups is 1. The highest BCUT2D eigenvalue weighted by molar-refractivity contribution is 5.67. The smallest absolute Gasteiger partial charge is 0.311 e. The molecule has 1 N–H and O–H groups in total. The summed E-state index contributed by atoms with van der Waals surface area (Å²) < 4.78 is 6.58. The van der Waals surface area contributed by atoms with Gasteiger partial charge in [-0.1, -0.05) is 0 Å². The van der Waals surface area contributed by atoms with Gasteiger partial charge in [-0.25, -0.2) is 4.79 Å². The summed E-state index contributed by atoms with van der Waals surface area (Å²) in [7, 11) is 1.97. The fraction of sp³-hybridized carbons (Fsp3) is 0.900. The average Bonchev–Trinajstić information content (AvgIpc) is 2.69. The third kappa shape index (κ3) is 0.782. The van der Waals surface area contributed by atoms with Crippen molar-refractivity contribution >= 4 is 5.91 Å². The first-order chi connectivity index (χ1) is 6.69. The summed E-state index contributed by atoms with van der Waals surface area (Å²) in [5.74, 6) is 0.323. The number of amides is 1. The Hall–Kier alpha value is -0.450. The summed E-state index contributed by atoms with van der Waals surface area (Å²) in [5.41, 5.74) is 0. The molecule has 14 heavy (non-hydrogen) atoms. The van der Waals surface area contributed by atoms with E-state index in [2.05, 4.69) is 5.32 Å². The number of nitrogens with zero attached hydrogens (tertiary/aromatic N) is 1. The molecule has 0 aliphatic carbocycles. The number of rotatable bonds is 1. The Kier molecular flexibility index (Phi) is 1.62. The minimum Gasteiger partial charge on any atom is -0.361 e. The highest BCUT2D eigenvalue weighted by atomic mass is 16.5. The normalized spacial score (nSPS) is 54.1. The van der Waals surface area contributed by atoms with Crippen LogP contribution in [0.15, 0.2) is 0 Å². The molecular formula is C10H17N2O2+. The Labute approximate surface area is 83.8 Å². The van der Waals surface area contributed by atoms with Gasteiger partial charge in [0.25, 0.3) is 0 Å². The molecule has 0 aromatic heterocycles. The van der Waals surface area contributed by atoms with Gasteiger partial charge in [0.15, 0.2) is 0 Å². The summed E-state index contributed by atoms with van der Waals surface area (Å²) in [6, 6.07) is 0.786. The van der Waals surface area contributed by atoms with Crippen LogP contribution in [-0.4, -0.2) is 54.8 Å². The van der Waals surface area contributed by atoms with E-state index >= 15 is 0 Å². The Balaban J connectivity index is 2.01. The third-order valence-electron chi connectivity index (χ3n) is 4.35. The molecule has 4 nitrogen and oxygen atoms in total. The molecule has 1 amide bonds. The Bertz CT molecular complexity index is 294. The van der Waals surface area contributed by atoms with Crippen molar-refractivity contribution in [2.24, 2.45) is 0 Å². The van der Waals surface area contributed by atoms with E-state index in [1.165, 1.54) is 0 Å². The molecule has 0 radical (unpaired) electrons. The fourth-order valence-electron chi connectivity index (χ4n) is 3.76. The van der Waals surface area contributed by atoms with Crippen molar-refractivity contribution in [3.63, 3.8) is 0 Å². The van der Waals surface area contributed by atoms with Crippen molar-refractivity contribution in [2.45, 2.75) is 37.6 Å². The lowest BCUT2D eigenvalue weighted by Crippen LogP contribution is -2.57. The fourth-order valence-corrected chi connectivity index (χ4v) is 3.76. The van der Waals surface area contributed by atoms with E-state index in [1.54, 1.807) is 6.92 Å². The number of fused-ring (bicyclic) bond motifs is 1. The quantitative estimate of drug-likeness (QED) is 0.575. The summed E-state index contributed by atoms with van der Waals surface area (Å²) in [5, 5.41) is 3.31. The van der Waals surface area contributed by atoms with E-state index < -0.39 is 0 Å². The second-order valence-corrected chi connectivity index (χ2v) is 4.77. The number of morpholine rings is 1. The zero-order valence-corrected chi connectivity index (χ0v) is 8.69. The van der Waals surface area contributed by atoms with E-state index in [0.717, 1.165) is 19.5 Å². The largest absolute Gasteiger partial charge is 0.361 e. The second-order valence-electron chi connectivity index (χ2n) is 4.77. The van der Waals surface area contributed by atoms with E-state index in [9.17, 15) is 4.79 Å². The number of ether oxygens (including phenoxy) is 1. The minimum absolute atomic E-state index is 0.265. The van der Waals surface area contributed by atoms with Crippen molar-refractivity contribution < 1.29 is 14.0 Å². The van der Waals surface area contributed by atoms with Gasteiger partial charge in [0.1, 0.15) is 24.8 Å². The van der Waals surface area contributed by atoms with Crippen LogP contribution >= 0.6 is 0 Å². The summed E-state index contributed by atoms with van der Waals surface area (Å²) >= 11 is 0. The number of carbonyl (C=O) groups excluding carboxylic acids is 1. The first-order valence-corrected chi connectivity index (χ1v) is 5.39. The highest BCUT2D eigenvalue weighted by Crippen LogP contribution is 2.46. The van der Waals surface area contributed by atoms with Gasteiger partial charge >= 0.3 is 5.91 Å². The maximum Gasteiger partial charge on any atom is 0.311 e. The van der Waals surface area contributed by atoms with Crippen LogP contribution in [0.3, 0.4) is 0 Å². The van der Waals surface area contributed by atoms with E-state index in [-0.39, 0.29) is 6.10 Å². The standard InChI is InChI=1S/C10H17N2O2/c1-6(13)12-4-3-7-10(12)9(11-2)8(5-12)14-7/h7-11H,3-5H2,1-2H3/q+1/t7-,8+,9-,10+,12-/m0/s1. The van der Waals surface area contributed by atoms with Crippen LogP contribution in [0.25, 0.3) is 0 Å². The lowest BCUT2D eigenvalue weighted by Gasteiger charge is -2.33. The van der Waals surface area contributed by atoms with Crippen LogP contribution in [0, 0.1) is 0 Å². The zero-order valence-electron chi connectivity index (χ0n) is 8.69. The number of hydrogen-bond donors (Lipinski definition) is 1. The average molecular weight is 197 g/mol. The molecule has 0 saturated carbocycles. The maximum absolute atomic E-state index is 11.8. The Morgan fingerprint density at radius 1 is 1.50 bits per heavy atom. The van der Waals surface area contributed by atoms with Gasteiger partial charge in [0.2, 0.25) is 0 Å². The molecule has 3 aliphatic rings. The number of likely N-dealkylation sites (N-methyl/N-ethyl adjacent to an activating group) is 1. The van der Waals surface area contributed by atoms with Crippen LogP contribution in [0.1, 0.15) is 13.3 Å². The molecule has 0 spiro atoms. The molecule has 3 saturated heterocycles. The highest BCUT2D eigenvalue weighted by Gasteiger charge is 2.69. The predicted octanol–water partition coefficient (Wildman–Crippen LogP) is -0.509. The van der Waals surface area contributed by atoms with Gasteiger partial charge in [-0.2, -0.15) is 0 Å². The topological polar surface area (TPSA) is 38.3 Å². The van der Waals surface area contributed by atoms with Crippen molar-refractivity contribution in [3.8, 4) is 0 Å². The minimum atomic E-state index is 0.265. The molecular weight excluding hydrogens is 180 g/mol. The van der Waals surface area contributed by atoms with Crippen molar-refractivity contribution in [2.75, 3.05) is 20.1 Å². The molecule has 0 unspecified atom stereocenters. The lowest BCUT2D eigenvalue weighted by molar-refractivity contribution is -0.861. The van der Waals surface area contributed by atoms with Crippen LogP contribution in [0.2, 0.25) is 0 Å². The van der Waals surface area contributed by atoms with Gasteiger partial charge in [-0.15, -0.1) is 0 Å². The van der Waals surface area contributed by atoms with E-state index in [0.29, 0.717) is 28.6 Å². The van der Waals surface area contributed by atoms with Crippen molar-refractivity contribution in [1.82, 2.24) is 5.32 Å². The molecule has 3 rings (SSSR count). The molecule has 78 valence electrons. The van der Waals surface area contributed by atoms with Crippen LogP contribution in [-0.2, 0) is 9.53 Å². The van der Waals surface area contributed by atoms with Gasteiger partial charge < -0.3 is 10.1 Å².